The average Bonchev–Trinajstić information content (AvgIpc) is 2.83. The summed E-state index contributed by atoms with van der Waals surface area (Å²) in [6.45, 7) is 0. The van der Waals surface area contributed by atoms with Crippen LogP contribution < -0.4 is 19.8 Å². The summed E-state index contributed by atoms with van der Waals surface area (Å²) in [5.74, 6) is -2.11. The molecule has 0 saturated carbocycles. The SMILES string of the molecule is CNS(=O)(=O)Nc1nccc(Cc2c(CBr)c3ccc(Oc4ncccc4F)cc3oc2=O)c1F. The molecule has 0 aliphatic rings. The van der Waals surface area contributed by atoms with E-state index in [1.165, 1.54) is 36.7 Å². The first-order valence-corrected chi connectivity index (χ1v) is 12.6. The van der Waals surface area contributed by atoms with Crippen LogP contribution >= 0.6 is 15.9 Å². The van der Waals surface area contributed by atoms with E-state index in [2.05, 4.69) is 25.9 Å². The van der Waals surface area contributed by atoms with Gasteiger partial charge in [0, 0.05) is 48.2 Å². The van der Waals surface area contributed by atoms with Crippen LogP contribution in [0.1, 0.15) is 16.7 Å². The van der Waals surface area contributed by atoms with E-state index in [1.54, 1.807) is 12.1 Å². The number of benzene rings is 1. The van der Waals surface area contributed by atoms with Crippen LogP contribution in [0.3, 0.4) is 0 Å². The minimum absolute atomic E-state index is 0.0354. The van der Waals surface area contributed by atoms with Gasteiger partial charge in [-0.05, 0) is 41.5 Å². The van der Waals surface area contributed by atoms with Gasteiger partial charge in [-0.3, -0.25) is 4.72 Å². The summed E-state index contributed by atoms with van der Waals surface area (Å²) in [6.07, 6.45) is 2.42. The van der Waals surface area contributed by atoms with Crippen molar-refractivity contribution in [3.05, 3.63) is 87.5 Å². The molecule has 13 heteroatoms. The highest BCUT2D eigenvalue weighted by atomic mass is 79.9. The number of ether oxygens (including phenoxy) is 1. The molecule has 4 aromatic rings. The van der Waals surface area contributed by atoms with Gasteiger partial charge >= 0.3 is 5.63 Å². The van der Waals surface area contributed by atoms with E-state index in [4.69, 9.17) is 9.15 Å². The molecule has 35 heavy (non-hydrogen) atoms. The molecule has 3 aromatic heterocycles. The van der Waals surface area contributed by atoms with E-state index in [1.807, 2.05) is 9.44 Å². The van der Waals surface area contributed by atoms with Crippen molar-refractivity contribution in [1.29, 1.82) is 0 Å². The van der Waals surface area contributed by atoms with E-state index in [-0.39, 0.29) is 40.1 Å². The van der Waals surface area contributed by atoms with E-state index < -0.39 is 33.3 Å². The van der Waals surface area contributed by atoms with Crippen LogP contribution in [0.5, 0.6) is 11.6 Å². The number of nitrogens with one attached hydrogen (secondary N) is 2. The Balaban J connectivity index is 1.72. The Kier molecular flexibility index (Phi) is 7.10. The zero-order valence-electron chi connectivity index (χ0n) is 18.0. The van der Waals surface area contributed by atoms with Gasteiger partial charge in [-0.15, -0.1) is 0 Å². The van der Waals surface area contributed by atoms with Crippen molar-refractivity contribution in [2.24, 2.45) is 0 Å². The number of anilines is 1. The Labute approximate surface area is 206 Å². The molecule has 1 aromatic carbocycles. The van der Waals surface area contributed by atoms with Crippen LogP contribution in [0.2, 0.25) is 0 Å². The Hall–Kier alpha value is -3.42. The van der Waals surface area contributed by atoms with Crippen LogP contribution in [-0.4, -0.2) is 25.4 Å². The molecule has 0 saturated heterocycles. The van der Waals surface area contributed by atoms with E-state index in [0.717, 1.165) is 7.05 Å². The second-order valence-electron chi connectivity index (χ2n) is 7.15. The highest BCUT2D eigenvalue weighted by Gasteiger charge is 2.20. The molecular weight excluding hydrogens is 550 g/mol. The Bertz CT molecular complexity index is 1580. The van der Waals surface area contributed by atoms with Gasteiger partial charge in [-0.2, -0.15) is 8.42 Å². The third-order valence-corrected chi connectivity index (χ3v) is 6.56. The second-order valence-corrected chi connectivity index (χ2v) is 9.33. The normalized spacial score (nSPS) is 11.5. The van der Waals surface area contributed by atoms with Crippen LogP contribution in [0, 0.1) is 11.6 Å². The molecule has 182 valence electrons. The molecule has 0 radical (unpaired) electrons. The van der Waals surface area contributed by atoms with Crippen molar-refractivity contribution in [3.8, 4) is 11.6 Å². The summed E-state index contributed by atoms with van der Waals surface area (Å²) in [4.78, 5) is 20.4. The lowest BCUT2D eigenvalue weighted by atomic mass is 9.99. The third kappa shape index (κ3) is 5.31. The number of pyridine rings is 2. The number of hydrogen-bond donors (Lipinski definition) is 2. The second kappa shape index (κ2) is 10.1. The number of halogens is 3. The molecule has 9 nitrogen and oxygen atoms in total. The molecule has 4 rings (SSSR count). The van der Waals surface area contributed by atoms with Crippen LogP contribution in [-0.2, 0) is 22.0 Å². The van der Waals surface area contributed by atoms with Crippen molar-refractivity contribution < 1.29 is 26.4 Å². The first-order valence-electron chi connectivity index (χ1n) is 10.00. The fourth-order valence-electron chi connectivity index (χ4n) is 3.30. The first-order chi connectivity index (χ1) is 16.7. The molecule has 0 spiro atoms. The molecule has 0 fully saturated rings. The average molecular weight is 567 g/mol. The van der Waals surface area contributed by atoms with E-state index in [9.17, 15) is 22.0 Å². The van der Waals surface area contributed by atoms with Gasteiger partial charge in [-0.1, -0.05) is 15.9 Å². The van der Waals surface area contributed by atoms with Crippen molar-refractivity contribution in [2.75, 3.05) is 11.8 Å². The number of rotatable bonds is 8. The molecule has 2 N–H and O–H groups in total. The molecule has 0 aliphatic carbocycles. The number of nitrogens with zero attached hydrogens (tertiary/aromatic N) is 2. The Morgan fingerprint density at radius 1 is 1.11 bits per heavy atom. The summed E-state index contributed by atoms with van der Waals surface area (Å²) in [5.41, 5.74) is 0.210. The largest absolute Gasteiger partial charge is 0.436 e. The Morgan fingerprint density at radius 3 is 2.63 bits per heavy atom. The first kappa shape index (κ1) is 24.7. The van der Waals surface area contributed by atoms with Gasteiger partial charge in [0.2, 0.25) is 0 Å². The van der Waals surface area contributed by atoms with Gasteiger partial charge in [0.1, 0.15) is 11.3 Å². The lowest BCUT2D eigenvalue weighted by Crippen LogP contribution is -2.27. The Morgan fingerprint density at radius 2 is 1.91 bits per heavy atom. The molecule has 3 heterocycles. The zero-order chi connectivity index (χ0) is 25.2. The number of aromatic nitrogens is 2. The number of fused-ring (bicyclic) bond motifs is 1. The van der Waals surface area contributed by atoms with Gasteiger partial charge in [-0.25, -0.2) is 28.3 Å². The van der Waals surface area contributed by atoms with Crippen molar-refractivity contribution >= 4 is 42.9 Å². The van der Waals surface area contributed by atoms with Crippen LogP contribution in [0.4, 0.5) is 14.6 Å². The van der Waals surface area contributed by atoms with Gasteiger partial charge < -0.3 is 9.15 Å². The van der Waals surface area contributed by atoms with Gasteiger partial charge in [0.15, 0.2) is 17.5 Å². The summed E-state index contributed by atoms with van der Waals surface area (Å²) in [5, 5.41) is 0.793. The lowest BCUT2D eigenvalue weighted by Gasteiger charge is -2.13. The quantitative estimate of drug-likeness (QED) is 0.244. The van der Waals surface area contributed by atoms with Crippen molar-refractivity contribution in [2.45, 2.75) is 11.8 Å². The molecule has 0 aliphatic heterocycles. The summed E-state index contributed by atoms with van der Waals surface area (Å²) in [7, 11) is -2.83. The summed E-state index contributed by atoms with van der Waals surface area (Å²) >= 11 is 3.36. The van der Waals surface area contributed by atoms with Crippen molar-refractivity contribution in [3.63, 3.8) is 0 Å². The minimum atomic E-state index is -3.99. The summed E-state index contributed by atoms with van der Waals surface area (Å²) < 4.78 is 67.2. The summed E-state index contributed by atoms with van der Waals surface area (Å²) in [6, 6.07) is 8.58. The van der Waals surface area contributed by atoms with E-state index >= 15 is 0 Å². The lowest BCUT2D eigenvalue weighted by molar-refractivity contribution is 0.422. The van der Waals surface area contributed by atoms with Gasteiger partial charge in [0.25, 0.3) is 16.1 Å². The van der Waals surface area contributed by atoms with E-state index in [0.29, 0.717) is 10.9 Å². The maximum Gasteiger partial charge on any atom is 0.340 e. The van der Waals surface area contributed by atoms with Gasteiger partial charge in [0.05, 0.1) is 0 Å². The topological polar surface area (TPSA) is 123 Å². The maximum atomic E-state index is 15.0. The predicted molar refractivity (Wildman–Crippen MR) is 128 cm³/mol. The monoisotopic (exact) mass is 566 g/mol. The minimum Gasteiger partial charge on any atom is -0.436 e. The fraction of sp³-hybridized carbons (Fsp3) is 0.136. The molecule has 0 unspecified atom stereocenters. The zero-order valence-corrected chi connectivity index (χ0v) is 20.4. The highest BCUT2D eigenvalue weighted by molar-refractivity contribution is 9.08. The number of hydrogen-bond acceptors (Lipinski definition) is 7. The van der Waals surface area contributed by atoms with Crippen LogP contribution in [0.25, 0.3) is 11.0 Å². The maximum absolute atomic E-state index is 15.0. The fourth-order valence-corrected chi connectivity index (χ4v) is 4.44. The molecule has 0 bridgehead atoms. The third-order valence-electron chi connectivity index (χ3n) is 5.00. The molecule has 0 atom stereocenters. The van der Waals surface area contributed by atoms with Crippen molar-refractivity contribution in [1.82, 2.24) is 14.7 Å². The highest BCUT2D eigenvalue weighted by Crippen LogP contribution is 2.30. The number of alkyl halides is 1. The smallest absolute Gasteiger partial charge is 0.340 e. The predicted octanol–water partition coefficient (Wildman–Crippen LogP) is 4.02. The van der Waals surface area contributed by atoms with Crippen LogP contribution in [0.15, 0.2) is 58.0 Å². The molecule has 0 amide bonds. The standard InChI is InChI=1S/C22H17BrF2N4O5S/c1-26-35(31,32)29-20-19(25)12(6-8-27-20)9-15-16(11-23)14-5-4-13(10-18(14)34-22(15)30)33-21-17(24)3-2-7-28-21/h2-8,10,26H,9,11H2,1H3,(H,27,29). The molecular formula is C22H17BrF2N4O5S.